The number of imidazole rings is 1. The number of hydrogen-bond donors (Lipinski definition) is 1. The molecule has 0 aliphatic carbocycles. The minimum absolute atomic E-state index is 0.00149. The summed E-state index contributed by atoms with van der Waals surface area (Å²) in [6.07, 6.45) is 4.01. The van der Waals surface area contributed by atoms with Gasteiger partial charge in [0.1, 0.15) is 5.82 Å². The van der Waals surface area contributed by atoms with E-state index in [-0.39, 0.29) is 6.04 Å². The summed E-state index contributed by atoms with van der Waals surface area (Å²) in [6, 6.07) is 0.00149. The van der Waals surface area contributed by atoms with Gasteiger partial charge in [0.05, 0.1) is 11.7 Å². The van der Waals surface area contributed by atoms with Gasteiger partial charge < -0.3 is 9.73 Å². The fourth-order valence-electron chi connectivity index (χ4n) is 2.37. The highest BCUT2D eigenvalue weighted by atomic mass is 32.1. The van der Waals surface area contributed by atoms with Gasteiger partial charge in [-0.2, -0.15) is 4.98 Å². The van der Waals surface area contributed by atoms with Crippen molar-refractivity contribution in [3.05, 3.63) is 35.2 Å². The molecule has 4 aromatic heterocycles. The topological polar surface area (TPSA) is 81.1 Å². The zero-order valence-electron chi connectivity index (χ0n) is 12.4. The molecule has 7 nitrogen and oxygen atoms in total. The number of oxazole rings is 1. The molecule has 0 saturated heterocycles. The monoisotopic (exact) mass is 314 g/mol. The minimum Gasteiger partial charge on any atom is -0.422 e. The Bertz CT molecular complexity index is 940. The Balaban J connectivity index is 1.71. The van der Waals surface area contributed by atoms with E-state index in [1.54, 1.807) is 18.3 Å². The van der Waals surface area contributed by atoms with Crippen LogP contribution < -0.4 is 5.32 Å². The Kier molecular flexibility index (Phi) is 2.86. The smallest absolute Gasteiger partial charge is 0.252 e. The number of hydrogen-bond acceptors (Lipinski definition) is 7. The number of aryl methyl sites for hydroxylation is 2. The summed E-state index contributed by atoms with van der Waals surface area (Å²) in [7, 11) is 0. The van der Waals surface area contributed by atoms with Crippen molar-refractivity contribution in [3.63, 3.8) is 0 Å². The van der Waals surface area contributed by atoms with Gasteiger partial charge in [-0.25, -0.2) is 15.0 Å². The van der Waals surface area contributed by atoms with E-state index in [0.717, 1.165) is 10.7 Å². The Hall–Kier alpha value is -2.48. The summed E-state index contributed by atoms with van der Waals surface area (Å²) in [5.74, 6) is 1.89. The molecule has 0 aliphatic rings. The second kappa shape index (κ2) is 4.77. The van der Waals surface area contributed by atoms with Crippen molar-refractivity contribution in [3.8, 4) is 0 Å². The summed E-state index contributed by atoms with van der Waals surface area (Å²) >= 11 is 1.61. The second-order valence-electron chi connectivity index (χ2n) is 5.13. The van der Waals surface area contributed by atoms with Gasteiger partial charge >= 0.3 is 0 Å². The van der Waals surface area contributed by atoms with Gasteiger partial charge in [0, 0.05) is 24.7 Å². The van der Waals surface area contributed by atoms with Crippen molar-refractivity contribution in [1.29, 1.82) is 0 Å². The Morgan fingerprint density at radius 1 is 1.23 bits per heavy atom. The lowest BCUT2D eigenvalue weighted by Gasteiger charge is -2.12. The molecule has 1 N–H and O–H groups in total. The number of aromatic nitrogens is 5. The highest BCUT2D eigenvalue weighted by molar-refractivity contribution is 7.15. The minimum atomic E-state index is 0.00149. The van der Waals surface area contributed by atoms with Crippen molar-refractivity contribution >= 4 is 33.3 Å². The number of fused-ring (bicyclic) bond motifs is 2. The largest absolute Gasteiger partial charge is 0.422 e. The molecular weight excluding hydrogens is 300 g/mol. The molecular formula is C14H14N6OS. The van der Waals surface area contributed by atoms with Gasteiger partial charge in [0.15, 0.2) is 22.2 Å². The molecule has 0 spiro atoms. The first-order chi connectivity index (χ1) is 10.6. The maximum Gasteiger partial charge on any atom is 0.252 e. The Labute approximate surface area is 130 Å². The summed E-state index contributed by atoms with van der Waals surface area (Å²) in [5, 5.41) is 5.37. The highest BCUT2D eigenvalue weighted by Crippen LogP contribution is 2.25. The van der Waals surface area contributed by atoms with Crippen LogP contribution in [0.3, 0.4) is 0 Å². The van der Waals surface area contributed by atoms with Gasteiger partial charge in [0.2, 0.25) is 0 Å². The number of thiazole rings is 1. The van der Waals surface area contributed by atoms with E-state index >= 15 is 0 Å². The molecule has 0 aliphatic heterocycles. The molecule has 22 heavy (non-hydrogen) atoms. The number of nitrogens with one attached hydrogen (secondary N) is 1. The maximum absolute atomic E-state index is 5.49. The van der Waals surface area contributed by atoms with E-state index in [4.69, 9.17) is 4.42 Å². The number of anilines is 1. The van der Waals surface area contributed by atoms with Crippen molar-refractivity contribution in [1.82, 2.24) is 24.3 Å². The van der Waals surface area contributed by atoms with Gasteiger partial charge in [-0.15, -0.1) is 11.3 Å². The lowest BCUT2D eigenvalue weighted by Crippen LogP contribution is -2.10. The molecule has 4 aromatic rings. The average Bonchev–Trinajstić information content (AvgIpc) is 3.10. The quantitative estimate of drug-likeness (QED) is 0.626. The SMILES string of the molecule is Cc1nc(NC(C)c2cn3ccsc3n2)c2nc(C)oc2n1. The fourth-order valence-corrected chi connectivity index (χ4v) is 3.07. The first kappa shape index (κ1) is 13.2. The van der Waals surface area contributed by atoms with Crippen LogP contribution in [0.5, 0.6) is 0 Å². The molecule has 0 bridgehead atoms. The van der Waals surface area contributed by atoms with Crippen LogP contribution in [-0.4, -0.2) is 24.3 Å². The van der Waals surface area contributed by atoms with E-state index < -0.39 is 0 Å². The van der Waals surface area contributed by atoms with Crippen LogP contribution in [0.2, 0.25) is 0 Å². The van der Waals surface area contributed by atoms with Crippen LogP contribution in [0.4, 0.5) is 5.82 Å². The normalized spacial score (nSPS) is 13.0. The molecule has 0 aromatic carbocycles. The molecule has 0 radical (unpaired) electrons. The first-order valence-corrected chi connectivity index (χ1v) is 7.78. The van der Waals surface area contributed by atoms with Gasteiger partial charge in [-0.05, 0) is 13.8 Å². The van der Waals surface area contributed by atoms with Crippen LogP contribution in [0.1, 0.15) is 30.4 Å². The second-order valence-corrected chi connectivity index (χ2v) is 6.00. The fraction of sp³-hybridized carbons (Fsp3) is 0.286. The first-order valence-electron chi connectivity index (χ1n) is 6.90. The van der Waals surface area contributed by atoms with E-state index in [2.05, 4.69) is 25.3 Å². The van der Waals surface area contributed by atoms with Gasteiger partial charge in [-0.1, -0.05) is 0 Å². The number of nitrogens with zero attached hydrogens (tertiary/aromatic N) is 5. The molecule has 1 unspecified atom stereocenters. The zero-order valence-corrected chi connectivity index (χ0v) is 13.2. The third kappa shape index (κ3) is 2.12. The van der Waals surface area contributed by atoms with Crippen LogP contribution in [0.25, 0.3) is 16.2 Å². The maximum atomic E-state index is 5.49. The van der Waals surface area contributed by atoms with Crippen LogP contribution in [0, 0.1) is 13.8 Å². The standard InChI is InChI=1S/C14H14N6OS/c1-7(10-6-20-4-5-22-14(20)19-10)15-12-11-13(17-8(2)16-12)21-9(3)18-11/h4-7H,1-3H3,(H,15,16,17). The number of rotatable bonds is 3. The van der Waals surface area contributed by atoms with E-state index in [1.807, 2.05) is 36.0 Å². The lowest BCUT2D eigenvalue weighted by atomic mass is 10.2. The summed E-state index contributed by atoms with van der Waals surface area (Å²) in [5.41, 5.74) is 2.11. The molecule has 0 fully saturated rings. The van der Waals surface area contributed by atoms with Gasteiger partial charge in [0.25, 0.3) is 5.71 Å². The molecule has 0 saturated carbocycles. The Morgan fingerprint density at radius 3 is 2.91 bits per heavy atom. The average molecular weight is 314 g/mol. The lowest BCUT2D eigenvalue weighted by molar-refractivity contribution is 0.550. The third-order valence-corrected chi connectivity index (χ3v) is 4.16. The highest BCUT2D eigenvalue weighted by Gasteiger charge is 2.16. The van der Waals surface area contributed by atoms with Crippen LogP contribution in [0.15, 0.2) is 22.2 Å². The zero-order chi connectivity index (χ0) is 15.3. The molecule has 1 atom stereocenters. The van der Waals surface area contributed by atoms with Crippen molar-refractivity contribution in [2.75, 3.05) is 5.32 Å². The summed E-state index contributed by atoms with van der Waals surface area (Å²) in [6.45, 7) is 5.68. The molecule has 112 valence electrons. The van der Waals surface area contributed by atoms with Crippen molar-refractivity contribution in [2.24, 2.45) is 0 Å². The Morgan fingerprint density at radius 2 is 2.09 bits per heavy atom. The third-order valence-electron chi connectivity index (χ3n) is 3.39. The van der Waals surface area contributed by atoms with E-state index in [1.165, 1.54) is 0 Å². The van der Waals surface area contributed by atoms with Crippen molar-refractivity contribution < 1.29 is 4.42 Å². The predicted octanol–water partition coefficient (Wildman–Crippen LogP) is 3.12. The molecule has 8 heteroatoms. The van der Waals surface area contributed by atoms with Crippen LogP contribution in [-0.2, 0) is 0 Å². The summed E-state index contributed by atoms with van der Waals surface area (Å²) in [4.78, 5) is 18.7. The van der Waals surface area contributed by atoms with E-state index in [9.17, 15) is 0 Å². The molecule has 4 rings (SSSR count). The molecule has 4 heterocycles. The van der Waals surface area contributed by atoms with E-state index in [0.29, 0.717) is 28.8 Å². The van der Waals surface area contributed by atoms with Crippen LogP contribution >= 0.6 is 11.3 Å². The predicted molar refractivity (Wildman–Crippen MR) is 84.2 cm³/mol. The van der Waals surface area contributed by atoms with Crippen molar-refractivity contribution in [2.45, 2.75) is 26.8 Å². The van der Waals surface area contributed by atoms with Gasteiger partial charge in [-0.3, -0.25) is 4.40 Å². The summed E-state index contributed by atoms with van der Waals surface area (Å²) < 4.78 is 7.51. The molecule has 0 amide bonds.